The van der Waals surface area contributed by atoms with Gasteiger partial charge in [0.15, 0.2) is 11.5 Å². The van der Waals surface area contributed by atoms with Gasteiger partial charge >= 0.3 is 10.1 Å². The highest BCUT2D eigenvalue weighted by Gasteiger charge is 2.35. The lowest BCUT2D eigenvalue weighted by Crippen LogP contribution is -2.27. The Balaban J connectivity index is 1.29. The van der Waals surface area contributed by atoms with Crippen molar-refractivity contribution >= 4 is 62.3 Å². The highest BCUT2D eigenvalue weighted by molar-refractivity contribution is 8.18. The molecule has 3 aromatic rings. The Labute approximate surface area is 220 Å². The summed E-state index contributed by atoms with van der Waals surface area (Å²) < 4.78 is 40.7. The number of imide groups is 1. The first-order valence-corrected chi connectivity index (χ1v) is 13.3. The van der Waals surface area contributed by atoms with E-state index in [4.69, 9.17) is 36.9 Å². The Morgan fingerprint density at radius 3 is 2.33 bits per heavy atom. The van der Waals surface area contributed by atoms with Gasteiger partial charge < -0.3 is 13.7 Å². The molecule has 0 bridgehead atoms. The van der Waals surface area contributed by atoms with Gasteiger partial charge in [-0.15, -0.1) is 0 Å². The molecular weight excluding hydrogens is 549 g/mol. The van der Waals surface area contributed by atoms with Gasteiger partial charge in [-0.2, -0.15) is 8.42 Å². The quantitative estimate of drug-likeness (QED) is 0.277. The normalized spacial score (nSPS) is 16.2. The van der Waals surface area contributed by atoms with E-state index >= 15 is 0 Å². The molecule has 5 rings (SSSR count). The first-order valence-electron chi connectivity index (χ1n) is 10.3. The third kappa shape index (κ3) is 5.03. The van der Waals surface area contributed by atoms with E-state index in [1.54, 1.807) is 30.3 Å². The lowest BCUT2D eigenvalue weighted by Gasteiger charge is -2.14. The molecule has 0 radical (unpaired) electrons. The zero-order valence-corrected chi connectivity index (χ0v) is 21.3. The van der Waals surface area contributed by atoms with Crippen LogP contribution in [0.25, 0.3) is 6.08 Å². The molecule has 0 aromatic heterocycles. The summed E-state index contributed by atoms with van der Waals surface area (Å²) in [6.07, 6.45) is 1.55. The number of hydrogen-bond acceptors (Lipinski definition) is 8. The maximum atomic E-state index is 12.9. The second kappa shape index (κ2) is 9.70. The van der Waals surface area contributed by atoms with Gasteiger partial charge in [-0.1, -0.05) is 35.3 Å². The summed E-state index contributed by atoms with van der Waals surface area (Å²) in [6.45, 7) is 0.0587. The number of benzene rings is 3. The van der Waals surface area contributed by atoms with Crippen LogP contribution in [0.15, 0.2) is 70.5 Å². The van der Waals surface area contributed by atoms with Crippen molar-refractivity contribution in [3.05, 3.63) is 86.7 Å². The van der Waals surface area contributed by atoms with Crippen LogP contribution in [0.1, 0.15) is 11.1 Å². The van der Waals surface area contributed by atoms with Crippen LogP contribution in [0.3, 0.4) is 0 Å². The van der Waals surface area contributed by atoms with E-state index in [2.05, 4.69) is 0 Å². The van der Waals surface area contributed by atoms with Gasteiger partial charge in [0.2, 0.25) is 6.79 Å². The Morgan fingerprint density at radius 1 is 0.972 bits per heavy atom. The molecular formula is C24H15Cl2NO7S2. The van der Waals surface area contributed by atoms with Crippen LogP contribution >= 0.6 is 35.0 Å². The molecule has 2 aliphatic heterocycles. The SMILES string of the molecule is O=C1S/C(=C\c2ccc(OS(=O)(=O)c3ccc(Cl)cc3)cc2)C(=O)N1Cc1cc2c(cc1Cl)OCO2. The van der Waals surface area contributed by atoms with Crippen LogP contribution in [0.5, 0.6) is 17.2 Å². The summed E-state index contributed by atoms with van der Waals surface area (Å²) in [5.74, 6) is 0.625. The predicted octanol–water partition coefficient (Wildman–Crippen LogP) is 5.73. The van der Waals surface area contributed by atoms with Gasteiger partial charge in [0.25, 0.3) is 11.1 Å². The fraction of sp³-hybridized carbons (Fsp3) is 0.0833. The van der Waals surface area contributed by atoms with Crippen molar-refractivity contribution in [2.45, 2.75) is 11.4 Å². The van der Waals surface area contributed by atoms with Gasteiger partial charge in [-0.25, -0.2) is 0 Å². The molecule has 0 atom stereocenters. The Morgan fingerprint density at radius 2 is 1.64 bits per heavy atom. The van der Waals surface area contributed by atoms with Crippen molar-refractivity contribution in [1.29, 1.82) is 0 Å². The number of fused-ring (bicyclic) bond motifs is 1. The molecule has 0 aliphatic carbocycles. The fourth-order valence-electron chi connectivity index (χ4n) is 3.43. The van der Waals surface area contributed by atoms with Gasteiger partial charge in [0.05, 0.1) is 11.4 Å². The van der Waals surface area contributed by atoms with E-state index in [0.717, 1.165) is 16.7 Å². The van der Waals surface area contributed by atoms with E-state index in [1.165, 1.54) is 36.4 Å². The lowest BCUT2D eigenvalue weighted by atomic mass is 10.1. The average Bonchev–Trinajstić information content (AvgIpc) is 3.39. The average molecular weight is 564 g/mol. The Hall–Kier alpha value is -3.18. The second-order valence-electron chi connectivity index (χ2n) is 7.63. The van der Waals surface area contributed by atoms with Gasteiger partial charge in [-0.3, -0.25) is 14.5 Å². The number of hydrogen-bond donors (Lipinski definition) is 0. The molecule has 1 saturated heterocycles. The molecule has 12 heteroatoms. The van der Waals surface area contributed by atoms with Crippen molar-refractivity contribution in [2.24, 2.45) is 0 Å². The third-order valence-corrected chi connectivity index (χ3v) is 8.00. The largest absolute Gasteiger partial charge is 0.454 e. The second-order valence-corrected chi connectivity index (χ2v) is 11.0. The van der Waals surface area contributed by atoms with E-state index in [1.807, 2.05) is 0 Å². The summed E-state index contributed by atoms with van der Waals surface area (Å²) in [5.41, 5.74) is 1.13. The van der Waals surface area contributed by atoms with Crippen LogP contribution < -0.4 is 13.7 Å². The minimum absolute atomic E-state index is 0.0210. The highest BCUT2D eigenvalue weighted by atomic mass is 35.5. The number of carbonyl (C=O) groups excluding carboxylic acids is 2. The lowest BCUT2D eigenvalue weighted by molar-refractivity contribution is -0.123. The summed E-state index contributed by atoms with van der Waals surface area (Å²) in [5, 5.41) is 0.321. The number of nitrogens with zero attached hydrogens (tertiary/aromatic N) is 1. The summed E-state index contributed by atoms with van der Waals surface area (Å²) in [6, 6.07) is 14.9. The van der Waals surface area contributed by atoms with Gasteiger partial charge in [-0.05, 0) is 71.4 Å². The maximum Gasteiger partial charge on any atom is 0.339 e. The Kier molecular flexibility index (Phi) is 6.60. The summed E-state index contributed by atoms with van der Waals surface area (Å²) in [4.78, 5) is 26.7. The van der Waals surface area contributed by atoms with Crippen LogP contribution in [-0.4, -0.2) is 31.3 Å². The predicted molar refractivity (Wildman–Crippen MR) is 135 cm³/mol. The first-order chi connectivity index (χ1) is 17.2. The minimum Gasteiger partial charge on any atom is -0.454 e. The van der Waals surface area contributed by atoms with Crippen molar-refractivity contribution < 1.29 is 31.7 Å². The fourth-order valence-corrected chi connectivity index (χ4v) is 5.54. The number of carbonyl (C=O) groups is 2. The zero-order valence-electron chi connectivity index (χ0n) is 18.1. The molecule has 2 aliphatic rings. The van der Waals surface area contributed by atoms with Gasteiger partial charge in [0, 0.05) is 16.1 Å². The number of ether oxygens (including phenoxy) is 2. The van der Waals surface area contributed by atoms with Gasteiger partial charge in [0.1, 0.15) is 10.6 Å². The summed E-state index contributed by atoms with van der Waals surface area (Å²) in [7, 11) is -4.04. The minimum atomic E-state index is -4.04. The molecule has 0 unspecified atom stereocenters. The van der Waals surface area contributed by atoms with Crippen molar-refractivity contribution in [3.63, 3.8) is 0 Å². The number of halogens is 2. The molecule has 0 saturated carbocycles. The monoisotopic (exact) mass is 563 g/mol. The standard InChI is InChI=1S/C24H15Cl2NO7S2/c25-16-3-7-18(8-4-16)36(30,31)34-17-5-1-14(2-6-17)9-22-23(28)27(24(29)35-22)12-15-10-20-21(11-19(15)26)33-13-32-20/h1-11H,12-13H2/b22-9-. The maximum absolute atomic E-state index is 12.9. The molecule has 0 N–H and O–H groups in total. The topological polar surface area (TPSA) is 99.2 Å². The first kappa shape index (κ1) is 24.5. The van der Waals surface area contributed by atoms with E-state index < -0.39 is 21.3 Å². The summed E-state index contributed by atoms with van der Waals surface area (Å²) >= 11 is 12.9. The van der Waals surface area contributed by atoms with Crippen molar-refractivity contribution in [2.75, 3.05) is 6.79 Å². The molecule has 3 aromatic carbocycles. The molecule has 2 heterocycles. The molecule has 36 heavy (non-hydrogen) atoms. The zero-order chi connectivity index (χ0) is 25.4. The Bertz CT molecular complexity index is 1500. The van der Waals surface area contributed by atoms with E-state index in [-0.39, 0.29) is 28.9 Å². The van der Waals surface area contributed by atoms with E-state index in [9.17, 15) is 18.0 Å². The van der Waals surface area contributed by atoms with Crippen LogP contribution in [0.4, 0.5) is 4.79 Å². The number of amides is 2. The smallest absolute Gasteiger partial charge is 0.339 e. The molecule has 184 valence electrons. The van der Waals surface area contributed by atoms with Crippen molar-refractivity contribution in [1.82, 2.24) is 4.90 Å². The van der Waals surface area contributed by atoms with Crippen LogP contribution in [-0.2, 0) is 21.5 Å². The third-order valence-electron chi connectivity index (χ3n) is 5.23. The van der Waals surface area contributed by atoms with Crippen LogP contribution in [0.2, 0.25) is 10.0 Å². The molecule has 2 amide bonds. The number of thioether (sulfide) groups is 1. The number of rotatable bonds is 6. The molecule has 8 nitrogen and oxygen atoms in total. The molecule has 0 spiro atoms. The highest BCUT2D eigenvalue weighted by Crippen LogP contribution is 2.39. The molecule has 1 fully saturated rings. The van der Waals surface area contributed by atoms with Crippen molar-refractivity contribution in [3.8, 4) is 17.2 Å². The van der Waals surface area contributed by atoms with Crippen LogP contribution in [0, 0.1) is 0 Å². The van der Waals surface area contributed by atoms with E-state index in [0.29, 0.717) is 32.7 Å².